The maximum absolute atomic E-state index is 12.0. The van der Waals surface area contributed by atoms with Crippen LogP contribution in [0.1, 0.15) is 12.5 Å². The largest absolute Gasteiger partial charge is 0.223 e. The minimum absolute atomic E-state index is 0.285. The van der Waals surface area contributed by atoms with Gasteiger partial charge in [-0.1, -0.05) is 23.8 Å². The first-order valence-electron chi connectivity index (χ1n) is 4.85. The van der Waals surface area contributed by atoms with E-state index in [2.05, 4.69) is 0 Å². The molecule has 0 N–H and O–H groups in total. The highest BCUT2D eigenvalue weighted by molar-refractivity contribution is 7.92. The fourth-order valence-corrected chi connectivity index (χ4v) is 2.45. The summed E-state index contributed by atoms with van der Waals surface area (Å²) >= 11 is 0. The molecule has 0 aliphatic heterocycles. The maximum atomic E-state index is 12.0. The van der Waals surface area contributed by atoms with E-state index >= 15 is 0 Å². The summed E-state index contributed by atoms with van der Waals surface area (Å²) in [7, 11) is -3.37. The standard InChI is InChI=1S/C12H13NO2S/c1-10-5-7-12(8-6-10)16(14,15)11(2)4-3-9-13/h3-8,11H,1-2H3/b4-3+/t11-/m1/s1. The third kappa shape index (κ3) is 2.71. The van der Waals surface area contributed by atoms with Gasteiger partial charge in [-0.3, -0.25) is 0 Å². The molecule has 1 rings (SSSR count). The predicted octanol–water partition coefficient (Wildman–Crippen LogP) is 2.24. The van der Waals surface area contributed by atoms with E-state index < -0.39 is 15.1 Å². The van der Waals surface area contributed by atoms with Gasteiger partial charge in [0.2, 0.25) is 0 Å². The molecule has 0 amide bonds. The van der Waals surface area contributed by atoms with Gasteiger partial charge in [0, 0.05) is 6.08 Å². The number of benzene rings is 1. The second-order valence-electron chi connectivity index (χ2n) is 3.55. The van der Waals surface area contributed by atoms with E-state index in [1.807, 2.05) is 6.92 Å². The van der Waals surface area contributed by atoms with Crippen molar-refractivity contribution in [1.29, 1.82) is 5.26 Å². The molecule has 0 aromatic heterocycles. The fourth-order valence-electron chi connectivity index (χ4n) is 1.22. The van der Waals surface area contributed by atoms with Crippen LogP contribution in [-0.4, -0.2) is 13.7 Å². The summed E-state index contributed by atoms with van der Waals surface area (Å²) in [4.78, 5) is 0.285. The first-order valence-corrected chi connectivity index (χ1v) is 6.40. The summed E-state index contributed by atoms with van der Waals surface area (Å²) in [6.45, 7) is 3.46. The van der Waals surface area contributed by atoms with E-state index in [1.165, 1.54) is 12.2 Å². The lowest BCUT2D eigenvalue weighted by molar-refractivity contribution is 0.591. The van der Waals surface area contributed by atoms with Crippen molar-refractivity contribution < 1.29 is 8.42 Å². The van der Waals surface area contributed by atoms with Crippen molar-refractivity contribution in [1.82, 2.24) is 0 Å². The number of allylic oxidation sites excluding steroid dienone is 1. The van der Waals surface area contributed by atoms with Crippen LogP contribution in [0.15, 0.2) is 41.3 Å². The average molecular weight is 235 g/mol. The topological polar surface area (TPSA) is 57.9 Å². The van der Waals surface area contributed by atoms with Crippen molar-refractivity contribution in [2.45, 2.75) is 24.0 Å². The van der Waals surface area contributed by atoms with Gasteiger partial charge in [0.05, 0.1) is 16.2 Å². The van der Waals surface area contributed by atoms with E-state index in [4.69, 9.17) is 5.26 Å². The van der Waals surface area contributed by atoms with Gasteiger partial charge in [0.15, 0.2) is 9.84 Å². The van der Waals surface area contributed by atoms with Crippen LogP contribution in [0.5, 0.6) is 0 Å². The first-order chi connectivity index (χ1) is 7.48. The molecule has 0 saturated heterocycles. The van der Waals surface area contributed by atoms with Crippen molar-refractivity contribution >= 4 is 9.84 Å². The molecule has 0 spiro atoms. The zero-order valence-corrected chi connectivity index (χ0v) is 10.0. The lowest BCUT2D eigenvalue weighted by Gasteiger charge is -2.08. The van der Waals surface area contributed by atoms with Gasteiger partial charge >= 0.3 is 0 Å². The van der Waals surface area contributed by atoms with E-state index in [-0.39, 0.29) is 4.90 Å². The van der Waals surface area contributed by atoms with Gasteiger partial charge in [-0.15, -0.1) is 0 Å². The molecule has 0 unspecified atom stereocenters. The number of rotatable bonds is 3. The maximum Gasteiger partial charge on any atom is 0.184 e. The van der Waals surface area contributed by atoms with Crippen molar-refractivity contribution in [3.05, 3.63) is 42.0 Å². The Kier molecular flexibility index (Phi) is 3.86. The summed E-state index contributed by atoms with van der Waals surface area (Å²) in [5.41, 5.74) is 1.01. The van der Waals surface area contributed by atoms with Crippen LogP contribution in [0.25, 0.3) is 0 Å². The second-order valence-corrected chi connectivity index (χ2v) is 5.86. The number of hydrogen-bond acceptors (Lipinski definition) is 3. The second kappa shape index (κ2) is 4.95. The molecule has 0 aliphatic carbocycles. The zero-order chi connectivity index (χ0) is 12.2. The molecule has 16 heavy (non-hydrogen) atoms. The monoisotopic (exact) mass is 235 g/mol. The van der Waals surface area contributed by atoms with Gasteiger partial charge < -0.3 is 0 Å². The quantitative estimate of drug-likeness (QED) is 0.755. The first kappa shape index (κ1) is 12.5. The molecular weight excluding hydrogens is 222 g/mol. The molecule has 1 aromatic carbocycles. The van der Waals surface area contributed by atoms with Crippen LogP contribution in [0.3, 0.4) is 0 Å². The molecule has 4 heteroatoms. The summed E-state index contributed by atoms with van der Waals surface area (Å²) in [5, 5.41) is 7.67. The lowest BCUT2D eigenvalue weighted by atomic mass is 10.2. The van der Waals surface area contributed by atoms with E-state index in [1.54, 1.807) is 37.3 Å². The molecule has 0 radical (unpaired) electrons. The molecule has 0 heterocycles. The highest BCUT2D eigenvalue weighted by atomic mass is 32.2. The zero-order valence-electron chi connectivity index (χ0n) is 9.21. The molecule has 0 saturated carbocycles. The SMILES string of the molecule is Cc1ccc(S(=O)(=O)[C@H](C)/C=C/C#N)cc1. The fraction of sp³-hybridized carbons (Fsp3) is 0.250. The van der Waals surface area contributed by atoms with Gasteiger partial charge in [-0.25, -0.2) is 8.42 Å². The predicted molar refractivity (Wildman–Crippen MR) is 62.6 cm³/mol. The molecule has 1 aromatic rings. The highest BCUT2D eigenvalue weighted by Gasteiger charge is 2.20. The van der Waals surface area contributed by atoms with Crippen LogP contribution in [0, 0.1) is 18.3 Å². The molecule has 3 nitrogen and oxygen atoms in total. The van der Waals surface area contributed by atoms with Gasteiger partial charge in [-0.05, 0) is 26.0 Å². The summed E-state index contributed by atoms with van der Waals surface area (Å²) < 4.78 is 24.0. The Hall–Kier alpha value is -1.60. The molecule has 0 aliphatic rings. The molecule has 1 atom stereocenters. The highest BCUT2D eigenvalue weighted by Crippen LogP contribution is 2.17. The number of nitrogens with zero attached hydrogens (tertiary/aromatic N) is 1. The van der Waals surface area contributed by atoms with E-state index in [9.17, 15) is 8.42 Å². The van der Waals surface area contributed by atoms with Gasteiger partial charge in [-0.2, -0.15) is 5.26 Å². The molecule has 0 fully saturated rings. The van der Waals surface area contributed by atoms with Crippen molar-refractivity contribution in [3.8, 4) is 6.07 Å². The van der Waals surface area contributed by atoms with Crippen LogP contribution < -0.4 is 0 Å². The Morgan fingerprint density at radius 1 is 1.31 bits per heavy atom. The minimum Gasteiger partial charge on any atom is -0.223 e. The Bertz CT molecular complexity index is 521. The van der Waals surface area contributed by atoms with E-state index in [0.29, 0.717) is 0 Å². The molecular formula is C12H13NO2S. The Morgan fingerprint density at radius 3 is 2.38 bits per heavy atom. The third-order valence-electron chi connectivity index (χ3n) is 2.28. The van der Waals surface area contributed by atoms with Crippen LogP contribution in [0.4, 0.5) is 0 Å². The van der Waals surface area contributed by atoms with Crippen LogP contribution >= 0.6 is 0 Å². The Balaban J connectivity index is 3.08. The van der Waals surface area contributed by atoms with E-state index in [0.717, 1.165) is 5.56 Å². The number of hydrogen-bond donors (Lipinski definition) is 0. The van der Waals surface area contributed by atoms with Crippen molar-refractivity contribution in [2.24, 2.45) is 0 Å². The normalized spacial score (nSPS) is 13.6. The number of sulfone groups is 1. The Labute approximate surface area is 95.9 Å². The number of aryl methyl sites for hydroxylation is 1. The number of nitriles is 1. The van der Waals surface area contributed by atoms with Crippen LogP contribution in [0.2, 0.25) is 0 Å². The van der Waals surface area contributed by atoms with Gasteiger partial charge in [0.25, 0.3) is 0 Å². The lowest BCUT2D eigenvalue weighted by Crippen LogP contribution is -2.15. The Morgan fingerprint density at radius 2 is 1.88 bits per heavy atom. The average Bonchev–Trinajstić information content (AvgIpc) is 2.26. The third-order valence-corrected chi connectivity index (χ3v) is 4.35. The van der Waals surface area contributed by atoms with Crippen LogP contribution in [-0.2, 0) is 9.84 Å². The summed E-state index contributed by atoms with van der Waals surface area (Å²) in [5.74, 6) is 0. The smallest absolute Gasteiger partial charge is 0.184 e. The van der Waals surface area contributed by atoms with Crippen molar-refractivity contribution in [2.75, 3.05) is 0 Å². The minimum atomic E-state index is -3.37. The summed E-state index contributed by atoms with van der Waals surface area (Å²) in [6, 6.07) is 8.47. The molecule has 84 valence electrons. The summed E-state index contributed by atoms with van der Waals surface area (Å²) in [6.07, 6.45) is 2.57. The van der Waals surface area contributed by atoms with Gasteiger partial charge in [0.1, 0.15) is 0 Å². The molecule has 0 bridgehead atoms. The van der Waals surface area contributed by atoms with Crippen molar-refractivity contribution in [3.63, 3.8) is 0 Å².